The van der Waals surface area contributed by atoms with Crippen LogP contribution in [0.5, 0.6) is 5.75 Å². The Bertz CT molecular complexity index is 750. The maximum atomic E-state index is 12.4. The third kappa shape index (κ3) is 4.37. The van der Waals surface area contributed by atoms with E-state index in [4.69, 9.17) is 9.47 Å². The molecule has 0 radical (unpaired) electrons. The number of amides is 1. The molecule has 2 rings (SSSR count). The van der Waals surface area contributed by atoms with E-state index >= 15 is 0 Å². The summed E-state index contributed by atoms with van der Waals surface area (Å²) in [7, 11) is 3.28. The molecule has 1 aromatic heterocycles. The van der Waals surface area contributed by atoms with Gasteiger partial charge in [-0.1, -0.05) is 19.1 Å². The lowest BCUT2D eigenvalue weighted by Gasteiger charge is -2.09. The van der Waals surface area contributed by atoms with Gasteiger partial charge >= 0.3 is 5.97 Å². The van der Waals surface area contributed by atoms with Gasteiger partial charge in [-0.2, -0.15) is 5.10 Å². The summed E-state index contributed by atoms with van der Waals surface area (Å²) in [5, 5.41) is 7.08. The first-order valence-electron chi connectivity index (χ1n) is 8.15. The second-order valence-corrected chi connectivity index (χ2v) is 5.44. The first-order valence-corrected chi connectivity index (χ1v) is 8.15. The first kappa shape index (κ1) is 18.5. The molecule has 25 heavy (non-hydrogen) atoms. The average Bonchev–Trinajstić information content (AvgIpc) is 2.91. The van der Waals surface area contributed by atoms with Crippen molar-refractivity contribution in [1.82, 2.24) is 9.78 Å². The molecule has 0 saturated carbocycles. The molecular weight excluding hydrogens is 322 g/mol. The number of hydrogen-bond acceptors (Lipinski definition) is 5. The quantitative estimate of drug-likeness (QED) is 0.779. The van der Waals surface area contributed by atoms with Gasteiger partial charge in [0.2, 0.25) is 5.91 Å². The van der Waals surface area contributed by atoms with E-state index in [1.807, 2.05) is 19.1 Å². The molecule has 0 aliphatic rings. The highest BCUT2D eigenvalue weighted by Gasteiger charge is 2.24. The predicted octanol–water partition coefficient (Wildman–Crippen LogP) is 2.35. The number of anilines is 1. The molecule has 7 nitrogen and oxygen atoms in total. The first-order chi connectivity index (χ1) is 12.0. The second-order valence-electron chi connectivity index (χ2n) is 5.44. The fourth-order valence-corrected chi connectivity index (χ4v) is 2.49. The number of esters is 1. The largest absolute Gasteiger partial charge is 0.497 e. The van der Waals surface area contributed by atoms with Crippen molar-refractivity contribution in [3.63, 3.8) is 0 Å². The summed E-state index contributed by atoms with van der Waals surface area (Å²) in [5.41, 5.74) is 1.75. The Morgan fingerprint density at radius 3 is 2.44 bits per heavy atom. The summed E-state index contributed by atoms with van der Waals surface area (Å²) < 4.78 is 11.7. The van der Waals surface area contributed by atoms with Crippen molar-refractivity contribution in [2.75, 3.05) is 19.0 Å². The third-order valence-corrected chi connectivity index (χ3v) is 3.72. The molecule has 0 bridgehead atoms. The Morgan fingerprint density at radius 2 is 1.88 bits per heavy atom. The van der Waals surface area contributed by atoms with E-state index in [2.05, 4.69) is 10.4 Å². The minimum atomic E-state index is -0.479. The molecule has 2 aromatic rings. The predicted molar refractivity (Wildman–Crippen MR) is 93.9 cm³/mol. The molecule has 0 fully saturated rings. The van der Waals surface area contributed by atoms with Crippen molar-refractivity contribution >= 4 is 17.7 Å². The standard InChI is InChI=1S/C18H23N3O4/c1-5-14-16(18(23)25-6-2)17(21(3)20-14)19-15(22)11-12-7-9-13(24-4)10-8-12/h7-10H,5-6,11H2,1-4H3,(H,19,22). The van der Waals surface area contributed by atoms with Crippen molar-refractivity contribution in [3.05, 3.63) is 41.1 Å². The van der Waals surface area contributed by atoms with Crippen LogP contribution in [0.2, 0.25) is 0 Å². The third-order valence-electron chi connectivity index (χ3n) is 3.72. The zero-order valence-electron chi connectivity index (χ0n) is 15.0. The van der Waals surface area contributed by atoms with Crippen LogP contribution in [0.15, 0.2) is 24.3 Å². The summed E-state index contributed by atoms with van der Waals surface area (Å²) >= 11 is 0. The summed E-state index contributed by atoms with van der Waals surface area (Å²) in [6.45, 7) is 3.89. The van der Waals surface area contributed by atoms with Gasteiger partial charge in [-0.25, -0.2) is 4.79 Å². The molecule has 1 heterocycles. The minimum absolute atomic E-state index is 0.179. The van der Waals surface area contributed by atoms with E-state index < -0.39 is 5.97 Å². The summed E-state index contributed by atoms with van der Waals surface area (Å²) in [6, 6.07) is 7.24. The minimum Gasteiger partial charge on any atom is -0.497 e. The lowest BCUT2D eigenvalue weighted by molar-refractivity contribution is -0.115. The molecule has 0 unspecified atom stereocenters. The smallest absolute Gasteiger partial charge is 0.343 e. The number of benzene rings is 1. The normalized spacial score (nSPS) is 10.4. The van der Waals surface area contributed by atoms with Crippen molar-refractivity contribution in [2.45, 2.75) is 26.7 Å². The fourth-order valence-electron chi connectivity index (χ4n) is 2.49. The zero-order valence-corrected chi connectivity index (χ0v) is 15.0. The fraction of sp³-hybridized carbons (Fsp3) is 0.389. The number of aryl methyl sites for hydroxylation is 2. The van der Waals surface area contributed by atoms with Crippen molar-refractivity contribution in [1.29, 1.82) is 0 Å². The van der Waals surface area contributed by atoms with Crippen LogP contribution in [0.25, 0.3) is 0 Å². The Kier molecular flexibility index (Phi) is 6.16. The van der Waals surface area contributed by atoms with Gasteiger partial charge in [-0.3, -0.25) is 9.48 Å². The van der Waals surface area contributed by atoms with Gasteiger partial charge in [0.05, 0.1) is 25.8 Å². The monoisotopic (exact) mass is 345 g/mol. The van der Waals surface area contributed by atoms with E-state index in [-0.39, 0.29) is 18.9 Å². The van der Waals surface area contributed by atoms with Gasteiger partial charge in [0.15, 0.2) is 0 Å². The molecule has 0 spiro atoms. The van der Waals surface area contributed by atoms with Crippen molar-refractivity contribution in [2.24, 2.45) is 7.05 Å². The van der Waals surface area contributed by atoms with E-state index in [1.54, 1.807) is 33.2 Å². The number of nitrogens with zero attached hydrogens (tertiary/aromatic N) is 2. The van der Waals surface area contributed by atoms with Crippen LogP contribution >= 0.6 is 0 Å². The van der Waals surface area contributed by atoms with Crippen LogP contribution in [0.3, 0.4) is 0 Å². The van der Waals surface area contributed by atoms with Crippen LogP contribution in [0.1, 0.15) is 35.5 Å². The van der Waals surface area contributed by atoms with Crippen LogP contribution in [0.4, 0.5) is 5.82 Å². The molecular formula is C18H23N3O4. The van der Waals surface area contributed by atoms with Gasteiger partial charge in [0.1, 0.15) is 17.1 Å². The maximum absolute atomic E-state index is 12.4. The molecule has 0 atom stereocenters. The number of rotatable bonds is 7. The Labute approximate surface area is 146 Å². The molecule has 134 valence electrons. The van der Waals surface area contributed by atoms with Crippen LogP contribution < -0.4 is 10.1 Å². The molecule has 0 saturated heterocycles. The highest BCUT2D eigenvalue weighted by Crippen LogP contribution is 2.21. The Balaban J connectivity index is 2.19. The average molecular weight is 345 g/mol. The number of nitrogens with one attached hydrogen (secondary N) is 1. The van der Waals surface area contributed by atoms with E-state index in [1.165, 1.54) is 4.68 Å². The summed E-state index contributed by atoms with van der Waals surface area (Å²) in [4.78, 5) is 24.6. The molecule has 0 aliphatic heterocycles. The van der Waals surface area contributed by atoms with E-state index in [0.717, 1.165) is 11.3 Å². The van der Waals surface area contributed by atoms with Crippen molar-refractivity contribution < 1.29 is 19.1 Å². The number of carbonyl (C=O) groups is 2. The summed E-state index contributed by atoms with van der Waals surface area (Å²) in [5.74, 6) is 0.371. The lowest BCUT2D eigenvalue weighted by atomic mass is 10.1. The lowest BCUT2D eigenvalue weighted by Crippen LogP contribution is -2.19. The highest BCUT2D eigenvalue weighted by atomic mass is 16.5. The van der Waals surface area contributed by atoms with Gasteiger partial charge in [0, 0.05) is 7.05 Å². The molecule has 7 heteroatoms. The summed E-state index contributed by atoms with van der Waals surface area (Å²) in [6.07, 6.45) is 0.745. The van der Waals surface area contributed by atoms with Crippen molar-refractivity contribution in [3.8, 4) is 5.75 Å². The van der Waals surface area contributed by atoms with Gasteiger partial charge in [-0.15, -0.1) is 0 Å². The van der Waals surface area contributed by atoms with Gasteiger partial charge in [-0.05, 0) is 31.0 Å². The number of ether oxygens (including phenoxy) is 2. The number of aromatic nitrogens is 2. The molecule has 1 amide bonds. The SMILES string of the molecule is CCOC(=O)c1c(CC)nn(C)c1NC(=O)Cc1ccc(OC)cc1. The van der Waals surface area contributed by atoms with Gasteiger partial charge < -0.3 is 14.8 Å². The number of carbonyl (C=O) groups excluding carboxylic acids is 2. The Morgan fingerprint density at radius 1 is 1.20 bits per heavy atom. The van der Waals surface area contributed by atoms with Crippen LogP contribution in [0, 0.1) is 0 Å². The zero-order chi connectivity index (χ0) is 18.4. The van der Waals surface area contributed by atoms with Gasteiger partial charge in [0.25, 0.3) is 0 Å². The molecule has 0 aliphatic carbocycles. The molecule has 1 aromatic carbocycles. The number of hydrogen-bond donors (Lipinski definition) is 1. The second kappa shape index (κ2) is 8.32. The maximum Gasteiger partial charge on any atom is 0.343 e. The van der Waals surface area contributed by atoms with Crippen LogP contribution in [-0.4, -0.2) is 35.4 Å². The highest BCUT2D eigenvalue weighted by molar-refractivity contribution is 6.01. The van der Waals surface area contributed by atoms with E-state index in [9.17, 15) is 9.59 Å². The topological polar surface area (TPSA) is 82.5 Å². The van der Waals surface area contributed by atoms with Crippen LogP contribution in [-0.2, 0) is 29.4 Å². The molecule has 1 N–H and O–H groups in total. The Hall–Kier alpha value is -2.83. The van der Waals surface area contributed by atoms with E-state index in [0.29, 0.717) is 23.5 Å². The number of methoxy groups -OCH3 is 1.